The average molecular weight is 332 g/mol. The SMILES string of the molecule is Cn1ncc(-c2c3ccoc3c(Br)c3ccoc23)c1N. The molecule has 4 aromatic rings. The molecule has 0 bridgehead atoms. The molecule has 0 saturated carbocycles. The highest BCUT2D eigenvalue weighted by molar-refractivity contribution is 9.10. The lowest BCUT2D eigenvalue weighted by atomic mass is 10.0. The molecule has 0 unspecified atom stereocenters. The summed E-state index contributed by atoms with van der Waals surface area (Å²) in [6, 6.07) is 3.81. The number of hydrogen-bond acceptors (Lipinski definition) is 4. The molecule has 0 amide bonds. The van der Waals surface area contributed by atoms with Crippen molar-refractivity contribution in [2.45, 2.75) is 0 Å². The van der Waals surface area contributed by atoms with Crippen molar-refractivity contribution in [3.63, 3.8) is 0 Å². The van der Waals surface area contributed by atoms with Crippen LogP contribution in [-0.2, 0) is 7.05 Å². The minimum absolute atomic E-state index is 0.590. The Morgan fingerprint density at radius 2 is 1.85 bits per heavy atom. The van der Waals surface area contributed by atoms with E-state index in [2.05, 4.69) is 21.0 Å². The Bertz CT molecular complexity index is 896. The predicted octanol–water partition coefficient (Wildman–Crippen LogP) is 3.92. The zero-order valence-corrected chi connectivity index (χ0v) is 12.1. The van der Waals surface area contributed by atoms with Crippen LogP contribution in [0.15, 0.2) is 44.2 Å². The van der Waals surface area contributed by atoms with E-state index in [1.807, 2.05) is 19.2 Å². The highest BCUT2D eigenvalue weighted by Gasteiger charge is 2.21. The Morgan fingerprint density at radius 3 is 2.55 bits per heavy atom. The van der Waals surface area contributed by atoms with Gasteiger partial charge in [0.05, 0.1) is 23.2 Å². The zero-order chi connectivity index (χ0) is 13.9. The molecule has 0 aliphatic carbocycles. The molecule has 100 valence electrons. The van der Waals surface area contributed by atoms with Gasteiger partial charge in [0, 0.05) is 28.9 Å². The summed E-state index contributed by atoms with van der Waals surface area (Å²) in [6.45, 7) is 0. The number of benzene rings is 1. The summed E-state index contributed by atoms with van der Waals surface area (Å²) in [4.78, 5) is 0. The van der Waals surface area contributed by atoms with Gasteiger partial charge < -0.3 is 14.6 Å². The molecule has 3 heterocycles. The minimum atomic E-state index is 0.590. The molecule has 0 aliphatic heterocycles. The Hall–Kier alpha value is -2.21. The maximum absolute atomic E-state index is 6.11. The van der Waals surface area contributed by atoms with E-state index >= 15 is 0 Å². The van der Waals surface area contributed by atoms with E-state index in [1.165, 1.54) is 0 Å². The molecule has 2 N–H and O–H groups in total. The zero-order valence-electron chi connectivity index (χ0n) is 10.6. The Balaban J connectivity index is 2.25. The molecule has 20 heavy (non-hydrogen) atoms. The van der Waals surface area contributed by atoms with Crippen molar-refractivity contribution in [1.82, 2.24) is 9.78 Å². The Kier molecular flexibility index (Phi) is 2.26. The minimum Gasteiger partial charge on any atom is -0.464 e. The molecule has 0 radical (unpaired) electrons. The molecule has 4 rings (SSSR count). The van der Waals surface area contributed by atoms with Crippen molar-refractivity contribution < 1.29 is 8.83 Å². The van der Waals surface area contributed by atoms with Gasteiger partial charge in [0.25, 0.3) is 0 Å². The van der Waals surface area contributed by atoms with Gasteiger partial charge in [-0.25, -0.2) is 0 Å². The van der Waals surface area contributed by atoms with Crippen LogP contribution in [0.25, 0.3) is 33.1 Å². The largest absolute Gasteiger partial charge is 0.464 e. The fraction of sp³-hybridized carbons (Fsp3) is 0.0714. The second kappa shape index (κ2) is 3.89. The summed E-state index contributed by atoms with van der Waals surface area (Å²) < 4.78 is 13.8. The number of nitrogens with two attached hydrogens (primary N) is 1. The Morgan fingerprint density at radius 1 is 1.15 bits per heavy atom. The number of halogens is 1. The number of rotatable bonds is 1. The molecule has 5 nitrogen and oxygen atoms in total. The van der Waals surface area contributed by atoms with Gasteiger partial charge in [0.1, 0.15) is 17.0 Å². The third kappa shape index (κ3) is 1.34. The van der Waals surface area contributed by atoms with Crippen LogP contribution in [0.5, 0.6) is 0 Å². The van der Waals surface area contributed by atoms with Gasteiger partial charge in [-0.05, 0) is 28.1 Å². The number of furan rings is 2. The summed E-state index contributed by atoms with van der Waals surface area (Å²) in [5.41, 5.74) is 9.40. The lowest BCUT2D eigenvalue weighted by Gasteiger charge is -2.06. The summed E-state index contributed by atoms with van der Waals surface area (Å²) in [7, 11) is 1.81. The number of nitrogens with zero attached hydrogens (tertiary/aromatic N) is 2. The molecule has 0 saturated heterocycles. The smallest absolute Gasteiger partial charge is 0.149 e. The van der Waals surface area contributed by atoms with Crippen LogP contribution in [0.2, 0.25) is 0 Å². The maximum atomic E-state index is 6.11. The van der Waals surface area contributed by atoms with E-state index in [0.717, 1.165) is 37.5 Å². The van der Waals surface area contributed by atoms with Gasteiger partial charge in [0.15, 0.2) is 0 Å². The standard InChI is InChI=1S/C14H10BrN3O2/c1-18-14(16)9(6-17-18)10-7-2-4-20-13(7)11(15)8-3-5-19-12(8)10/h2-6H,16H2,1H3. The molecular formula is C14H10BrN3O2. The molecule has 1 aromatic carbocycles. The lowest BCUT2D eigenvalue weighted by Crippen LogP contribution is -1.98. The molecule has 0 spiro atoms. The summed E-state index contributed by atoms with van der Waals surface area (Å²) in [5, 5.41) is 6.10. The summed E-state index contributed by atoms with van der Waals surface area (Å²) >= 11 is 3.57. The van der Waals surface area contributed by atoms with Gasteiger partial charge in [-0.3, -0.25) is 4.68 Å². The monoisotopic (exact) mass is 331 g/mol. The van der Waals surface area contributed by atoms with Crippen LogP contribution in [0, 0.1) is 0 Å². The van der Waals surface area contributed by atoms with E-state index in [4.69, 9.17) is 14.6 Å². The van der Waals surface area contributed by atoms with Crippen molar-refractivity contribution in [3.05, 3.63) is 35.3 Å². The number of aromatic nitrogens is 2. The van der Waals surface area contributed by atoms with Gasteiger partial charge in [0.2, 0.25) is 0 Å². The average Bonchev–Trinajstić information content (AvgIpc) is 3.14. The van der Waals surface area contributed by atoms with Gasteiger partial charge in [-0.2, -0.15) is 5.10 Å². The number of fused-ring (bicyclic) bond motifs is 2. The van der Waals surface area contributed by atoms with E-state index < -0.39 is 0 Å². The summed E-state index contributed by atoms with van der Waals surface area (Å²) in [5.74, 6) is 0.590. The van der Waals surface area contributed by atoms with Crippen LogP contribution in [0.3, 0.4) is 0 Å². The molecule has 0 fully saturated rings. The van der Waals surface area contributed by atoms with Gasteiger partial charge in [-0.1, -0.05) is 0 Å². The Labute approximate surface area is 122 Å². The second-order valence-electron chi connectivity index (χ2n) is 4.58. The number of hydrogen-bond donors (Lipinski definition) is 1. The van der Waals surface area contributed by atoms with E-state index in [9.17, 15) is 0 Å². The van der Waals surface area contributed by atoms with Crippen molar-refractivity contribution in [2.24, 2.45) is 7.05 Å². The van der Waals surface area contributed by atoms with Crippen LogP contribution < -0.4 is 5.73 Å². The lowest BCUT2D eigenvalue weighted by molar-refractivity contribution is 0.611. The fourth-order valence-electron chi connectivity index (χ4n) is 2.50. The third-order valence-corrected chi connectivity index (χ3v) is 4.30. The number of nitrogen functional groups attached to an aromatic ring is 1. The molecule has 0 aliphatic rings. The van der Waals surface area contributed by atoms with E-state index in [1.54, 1.807) is 23.4 Å². The van der Waals surface area contributed by atoms with Crippen LogP contribution in [-0.4, -0.2) is 9.78 Å². The number of anilines is 1. The predicted molar refractivity (Wildman–Crippen MR) is 80.3 cm³/mol. The number of aryl methyl sites for hydroxylation is 1. The van der Waals surface area contributed by atoms with Crippen molar-refractivity contribution in [2.75, 3.05) is 5.73 Å². The first-order valence-electron chi connectivity index (χ1n) is 6.02. The van der Waals surface area contributed by atoms with E-state index in [-0.39, 0.29) is 0 Å². The van der Waals surface area contributed by atoms with Crippen molar-refractivity contribution in [1.29, 1.82) is 0 Å². The van der Waals surface area contributed by atoms with Gasteiger partial charge >= 0.3 is 0 Å². The highest BCUT2D eigenvalue weighted by Crippen LogP contribution is 2.43. The van der Waals surface area contributed by atoms with E-state index in [0.29, 0.717) is 5.82 Å². The van der Waals surface area contributed by atoms with Crippen LogP contribution in [0.1, 0.15) is 0 Å². The first kappa shape index (κ1) is 11.6. The third-order valence-electron chi connectivity index (χ3n) is 3.52. The van der Waals surface area contributed by atoms with Crippen molar-refractivity contribution >= 4 is 43.7 Å². The normalized spacial score (nSPS) is 11.7. The first-order valence-corrected chi connectivity index (χ1v) is 6.81. The van der Waals surface area contributed by atoms with Crippen LogP contribution >= 0.6 is 15.9 Å². The van der Waals surface area contributed by atoms with Crippen LogP contribution in [0.4, 0.5) is 5.82 Å². The highest BCUT2D eigenvalue weighted by atomic mass is 79.9. The second-order valence-corrected chi connectivity index (χ2v) is 5.38. The first-order chi connectivity index (χ1) is 9.68. The van der Waals surface area contributed by atoms with Crippen molar-refractivity contribution in [3.8, 4) is 11.1 Å². The topological polar surface area (TPSA) is 70.1 Å². The van der Waals surface area contributed by atoms with Gasteiger partial charge in [-0.15, -0.1) is 0 Å². The quantitative estimate of drug-likeness (QED) is 0.573. The molecular weight excluding hydrogens is 322 g/mol. The molecule has 6 heteroatoms. The molecule has 3 aromatic heterocycles. The summed E-state index contributed by atoms with van der Waals surface area (Å²) in [6.07, 6.45) is 5.06. The fourth-order valence-corrected chi connectivity index (χ4v) is 3.12. The molecule has 0 atom stereocenters. The maximum Gasteiger partial charge on any atom is 0.149 e.